The zero-order valence-electron chi connectivity index (χ0n) is 11.8. The second kappa shape index (κ2) is 9.13. The Balaban J connectivity index is 0.00000324. The van der Waals surface area contributed by atoms with Crippen LogP contribution in [0.5, 0.6) is 0 Å². The molecule has 1 fully saturated rings. The highest BCUT2D eigenvalue weighted by Crippen LogP contribution is 2.14. The molecule has 1 heterocycles. The Hall–Kier alpha value is 0.120. The molecule has 1 aliphatic heterocycles. The van der Waals surface area contributed by atoms with E-state index >= 15 is 0 Å². The van der Waals surface area contributed by atoms with E-state index in [1.807, 2.05) is 0 Å². The molecule has 0 aromatic rings. The first-order valence-electron chi connectivity index (χ1n) is 6.74. The van der Waals surface area contributed by atoms with Crippen molar-refractivity contribution >= 4 is 22.4 Å². The van der Waals surface area contributed by atoms with Crippen molar-refractivity contribution in [3.8, 4) is 0 Å². The van der Waals surface area contributed by atoms with Crippen molar-refractivity contribution in [2.45, 2.75) is 51.7 Å². The summed E-state index contributed by atoms with van der Waals surface area (Å²) in [5.41, 5.74) is 5.60. The molecule has 2 unspecified atom stereocenters. The predicted octanol–water partition coefficient (Wildman–Crippen LogP) is 1.27. The van der Waals surface area contributed by atoms with E-state index in [2.05, 4.69) is 18.6 Å². The van der Waals surface area contributed by atoms with Gasteiger partial charge in [0.2, 0.25) is 10.0 Å². The van der Waals surface area contributed by atoms with E-state index in [4.69, 9.17) is 10.5 Å². The monoisotopic (exact) mass is 314 g/mol. The molecule has 0 aromatic heterocycles. The molecule has 0 radical (unpaired) electrons. The third-order valence-electron chi connectivity index (χ3n) is 3.07. The Kier molecular flexibility index (Phi) is 9.19. The first kappa shape index (κ1) is 19.1. The highest BCUT2D eigenvalue weighted by Gasteiger charge is 2.24. The fourth-order valence-corrected chi connectivity index (χ4v) is 3.80. The summed E-state index contributed by atoms with van der Waals surface area (Å²) in [6.07, 6.45) is 3.52. The molecule has 3 N–H and O–H groups in total. The van der Waals surface area contributed by atoms with Crippen LogP contribution in [0.15, 0.2) is 0 Å². The third-order valence-corrected chi connectivity index (χ3v) is 4.57. The summed E-state index contributed by atoms with van der Waals surface area (Å²) in [6.45, 7) is 5.12. The van der Waals surface area contributed by atoms with E-state index in [-0.39, 0.29) is 30.3 Å². The van der Waals surface area contributed by atoms with Gasteiger partial charge in [-0.15, -0.1) is 12.4 Å². The van der Waals surface area contributed by atoms with Gasteiger partial charge in [0, 0.05) is 19.2 Å². The minimum atomic E-state index is -3.29. The summed E-state index contributed by atoms with van der Waals surface area (Å²) in [5.74, 6) is 0.480. The van der Waals surface area contributed by atoms with Crippen molar-refractivity contribution in [2.24, 2.45) is 11.7 Å². The normalized spacial score (nSPS) is 22.0. The van der Waals surface area contributed by atoms with Crippen molar-refractivity contribution in [2.75, 3.05) is 18.9 Å². The van der Waals surface area contributed by atoms with Crippen molar-refractivity contribution in [3.63, 3.8) is 0 Å². The SMILES string of the molecule is CC(C)CC(CN)NS(=O)(=O)CC1CCCCO1.Cl. The lowest BCUT2D eigenvalue weighted by Gasteiger charge is -2.24. The summed E-state index contributed by atoms with van der Waals surface area (Å²) >= 11 is 0. The highest BCUT2D eigenvalue weighted by atomic mass is 35.5. The number of rotatable bonds is 7. The molecule has 0 aromatic carbocycles. The van der Waals surface area contributed by atoms with Gasteiger partial charge in [-0.3, -0.25) is 0 Å². The topological polar surface area (TPSA) is 81.4 Å². The number of nitrogens with two attached hydrogens (primary N) is 1. The van der Waals surface area contributed by atoms with Gasteiger partial charge in [-0.05, 0) is 31.6 Å². The van der Waals surface area contributed by atoms with Crippen LogP contribution in [0.4, 0.5) is 0 Å². The summed E-state index contributed by atoms with van der Waals surface area (Å²) in [5, 5.41) is 0. The molecule has 0 bridgehead atoms. The maximum Gasteiger partial charge on any atom is 0.214 e. The van der Waals surface area contributed by atoms with Crippen LogP contribution in [0.25, 0.3) is 0 Å². The average molecular weight is 315 g/mol. The molecule has 0 aliphatic carbocycles. The molecule has 1 rings (SSSR count). The van der Waals surface area contributed by atoms with Gasteiger partial charge >= 0.3 is 0 Å². The summed E-state index contributed by atoms with van der Waals surface area (Å²) in [7, 11) is -3.29. The van der Waals surface area contributed by atoms with Crippen LogP contribution < -0.4 is 10.5 Å². The molecular weight excluding hydrogens is 288 g/mol. The lowest BCUT2D eigenvalue weighted by atomic mass is 10.1. The van der Waals surface area contributed by atoms with E-state index in [1.165, 1.54) is 0 Å². The van der Waals surface area contributed by atoms with E-state index in [1.54, 1.807) is 0 Å². The smallest absolute Gasteiger partial charge is 0.214 e. The van der Waals surface area contributed by atoms with Crippen molar-refractivity contribution in [3.05, 3.63) is 0 Å². The maximum atomic E-state index is 12.0. The quantitative estimate of drug-likeness (QED) is 0.741. The number of nitrogens with one attached hydrogen (secondary N) is 1. The standard InChI is InChI=1S/C12H26N2O3S.ClH/c1-10(2)7-11(8-13)14-18(15,16)9-12-5-3-4-6-17-12;/h10-12,14H,3-9,13H2,1-2H3;1H. The molecule has 19 heavy (non-hydrogen) atoms. The van der Waals surface area contributed by atoms with Crippen LogP contribution >= 0.6 is 12.4 Å². The highest BCUT2D eigenvalue weighted by molar-refractivity contribution is 7.89. The molecule has 0 spiro atoms. The van der Waals surface area contributed by atoms with Crippen LogP contribution in [0.1, 0.15) is 39.5 Å². The Bertz CT molecular complexity index is 330. The number of ether oxygens (including phenoxy) is 1. The Morgan fingerprint density at radius 1 is 1.37 bits per heavy atom. The van der Waals surface area contributed by atoms with Crippen LogP contribution in [-0.4, -0.2) is 39.5 Å². The predicted molar refractivity (Wildman–Crippen MR) is 80.1 cm³/mol. The first-order valence-corrected chi connectivity index (χ1v) is 8.40. The molecule has 1 aliphatic rings. The number of hydrogen-bond acceptors (Lipinski definition) is 4. The summed E-state index contributed by atoms with van der Waals surface area (Å²) < 4.78 is 32.2. The molecule has 1 saturated heterocycles. The summed E-state index contributed by atoms with van der Waals surface area (Å²) in [4.78, 5) is 0. The Labute approximate surface area is 123 Å². The van der Waals surface area contributed by atoms with Gasteiger partial charge in [0.15, 0.2) is 0 Å². The Morgan fingerprint density at radius 2 is 2.05 bits per heavy atom. The van der Waals surface area contributed by atoms with E-state index in [9.17, 15) is 8.42 Å². The second-order valence-corrected chi connectivity index (χ2v) is 7.25. The number of hydrogen-bond donors (Lipinski definition) is 2. The average Bonchev–Trinajstić information content (AvgIpc) is 2.27. The lowest BCUT2D eigenvalue weighted by molar-refractivity contribution is 0.0303. The molecule has 2 atom stereocenters. The minimum Gasteiger partial charge on any atom is -0.377 e. The zero-order valence-corrected chi connectivity index (χ0v) is 13.4. The Morgan fingerprint density at radius 3 is 2.53 bits per heavy atom. The van der Waals surface area contributed by atoms with Crippen molar-refractivity contribution < 1.29 is 13.2 Å². The summed E-state index contributed by atoms with van der Waals surface area (Å²) in [6, 6.07) is -0.168. The zero-order chi connectivity index (χ0) is 13.6. The van der Waals surface area contributed by atoms with Gasteiger partial charge in [-0.1, -0.05) is 13.8 Å². The van der Waals surface area contributed by atoms with Crippen LogP contribution in [-0.2, 0) is 14.8 Å². The molecule has 5 nitrogen and oxygen atoms in total. The number of sulfonamides is 1. The molecular formula is C12H27ClN2O3S. The largest absolute Gasteiger partial charge is 0.377 e. The van der Waals surface area contributed by atoms with Crippen LogP contribution in [0.3, 0.4) is 0 Å². The lowest BCUT2D eigenvalue weighted by Crippen LogP contribution is -2.44. The fourth-order valence-electron chi connectivity index (χ4n) is 2.25. The van der Waals surface area contributed by atoms with E-state index < -0.39 is 10.0 Å². The molecule has 0 amide bonds. The van der Waals surface area contributed by atoms with Crippen LogP contribution in [0, 0.1) is 5.92 Å². The second-order valence-electron chi connectivity index (χ2n) is 5.45. The number of halogens is 1. The molecule has 0 saturated carbocycles. The van der Waals surface area contributed by atoms with Gasteiger partial charge in [-0.25, -0.2) is 13.1 Å². The molecule has 7 heteroatoms. The van der Waals surface area contributed by atoms with Crippen molar-refractivity contribution in [1.29, 1.82) is 0 Å². The van der Waals surface area contributed by atoms with Gasteiger partial charge in [0.05, 0.1) is 11.9 Å². The van der Waals surface area contributed by atoms with Gasteiger partial charge in [-0.2, -0.15) is 0 Å². The maximum absolute atomic E-state index is 12.0. The fraction of sp³-hybridized carbons (Fsp3) is 1.00. The van der Waals surface area contributed by atoms with Gasteiger partial charge in [0.25, 0.3) is 0 Å². The van der Waals surface area contributed by atoms with Crippen LogP contribution in [0.2, 0.25) is 0 Å². The van der Waals surface area contributed by atoms with Gasteiger partial charge < -0.3 is 10.5 Å². The third kappa shape index (κ3) is 8.09. The van der Waals surface area contributed by atoms with E-state index in [0.29, 0.717) is 19.1 Å². The van der Waals surface area contributed by atoms with E-state index in [0.717, 1.165) is 25.7 Å². The van der Waals surface area contributed by atoms with Crippen molar-refractivity contribution in [1.82, 2.24) is 4.72 Å². The minimum absolute atomic E-state index is 0. The molecule has 116 valence electrons. The first-order chi connectivity index (χ1) is 8.43. The van der Waals surface area contributed by atoms with Gasteiger partial charge in [0.1, 0.15) is 0 Å².